The summed E-state index contributed by atoms with van der Waals surface area (Å²) in [6, 6.07) is 18.8. The number of hydrogen-bond acceptors (Lipinski definition) is 3. The van der Waals surface area contributed by atoms with Crippen LogP contribution in [0.4, 0.5) is 9.18 Å². The van der Waals surface area contributed by atoms with E-state index < -0.39 is 23.9 Å². The number of fused-ring (bicyclic) bond motifs is 3. The molecule has 0 bridgehead atoms. The molecule has 1 aliphatic rings. The molecule has 1 amide bonds. The summed E-state index contributed by atoms with van der Waals surface area (Å²) >= 11 is 5.69. The van der Waals surface area contributed by atoms with E-state index in [1.807, 2.05) is 48.5 Å². The highest BCUT2D eigenvalue weighted by molar-refractivity contribution is 6.30. The second kappa shape index (κ2) is 9.01. The van der Waals surface area contributed by atoms with Gasteiger partial charge in [-0.1, -0.05) is 66.2 Å². The zero-order valence-electron chi connectivity index (χ0n) is 17.3. The van der Waals surface area contributed by atoms with Crippen molar-refractivity contribution < 1.29 is 23.8 Å². The molecule has 0 aromatic heterocycles. The monoisotopic (exact) mass is 453 g/mol. The zero-order valence-corrected chi connectivity index (χ0v) is 18.1. The molecule has 0 saturated heterocycles. The van der Waals surface area contributed by atoms with Gasteiger partial charge in [0.05, 0.1) is 5.02 Å². The van der Waals surface area contributed by atoms with Crippen molar-refractivity contribution in [2.45, 2.75) is 18.4 Å². The number of ether oxygens (including phenoxy) is 1. The quantitative estimate of drug-likeness (QED) is 0.546. The number of carbonyl (C=O) groups excluding carboxylic acids is 1. The molecule has 7 heteroatoms. The molecule has 164 valence electrons. The largest absolute Gasteiger partial charge is 0.480 e. The molecule has 0 unspecified atom stereocenters. The van der Waals surface area contributed by atoms with Crippen molar-refractivity contribution in [1.29, 1.82) is 0 Å². The van der Waals surface area contributed by atoms with Crippen LogP contribution in [0.1, 0.15) is 22.6 Å². The zero-order chi connectivity index (χ0) is 22.8. The average molecular weight is 454 g/mol. The summed E-state index contributed by atoms with van der Waals surface area (Å²) in [6.07, 6.45) is -0.835. The molecule has 5 nitrogen and oxygen atoms in total. The molecule has 3 aromatic rings. The average Bonchev–Trinajstić information content (AvgIpc) is 3.11. The van der Waals surface area contributed by atoms with Gasteiger partial charge in [0, 0.05) is 19.4 Å². The summed E-state index contributed by atoms with van der Waals surface area (Å²) in [5, 5.41) is 9.60. The molecule has 4 rings (SSSR count). The Morgan fingerprint density at radius 1 is 1.06 bits per heavy atom. The van der Waals surface area contributed by atoms with Gasteiger partial charge in [0.25, 0.3) is 0 Å². The Kier molecular flexibility index (Phi) is 6.15. The lowest BCUT2D eigenvalue weighted by Crippen LogP contribution is -2.44. The number of carboxylic acid groups (broad SMARTS) is 1. The molecule has 0 spiro atoms. The van der Waals surface area contributed by atoms with Gasteiger partial charge >= 0.3 is 12.1 Å². The first-order chi connectivity index (χ1) is 15.4. The van der Waals surface area contributed by atoms with E-state index in [0.29, 0.717) is 5.56 Å². The second-order valence-electron chi connectivity index (χ2n) is 7.72. The molecule has 3 aromatic carbocycles. The van der Waals surface area contributed by atoms with Crippen LogP contribution in [0.15, 0.2) is 66.7 Å². The Hall–Kier alpha value is -3.38. The van der Waals surface area contributed by atoms with Crippen molar-refractivity contribution in [3.63, 3.8) is 0 Å². The number of hydrogen-bond donors (Lipinski definition) is 1. The molecule has 1 aliphatic carbocycles. The van der Waals surface area contributed by atoms with E-state index in [1.165, 1.54) is 25.2 Å². The lowest BCUT2D eigenvalue weighted by atomic mass is 9.98. The lowest BCUT2D eigenvalue weighted by Gasteiger charge is -2.25. The summed E-state index contributed by atoms with van der Waals surface area (Å²) in [5.41, 5.74) is 4.75. The van der Waals surface area contributed by atoms with Crippen LogP contribution in [-0.2, 0) is 16.0 Å². The van der Waals surface area contributed by atoms with Gasteiger partial charge < -0.3 is 9.84 Å². The van der Waals surface area contributed by atoms with Gasteiger partial charge in [0.15, 0.2) is 0 Å². The highest BCUT2D eigenvalue weighted by Crippen LogP contribution is 2.44. The highest BCUT2D eigenvalue weighted by atomic mass is 35.5. The number of aliphatic carboxylic acids is 1. The maximum Gasteiger partial charge on any atom is 0.410 e. The van der Waals surface area contributed by atoms with Crippen LogP contribution >= 0.6 is 11.6 Å². The number of benzene rings is 3. The van der Waals surface area contributed by atoms with Gasteiger partial charge in [-0.15, -0.1) is 0 Å². The molecular formula is C25H21ClFNO4. The van der Waals surface area contributed by atoms with E-state index in [4.69, 9.17) is 16.3 Å². The van der Waals surface area contributed by atoms with E-state index in [2.05, 4.69) is 0 Å². The van der Waals surface area contributed by atoms with E-state index in [1.54, 1.807) is 0 Å². The fourth-order valence-electron chi connectivity index (χ4n) is 4.10. The van der Waals surface area contributed by atoms with Crippen molar-refractivity contribution in [2.24, 2.45) is 0 Å². The molecule has 0 radical (unpaired) electrons. The number of halogens is 2. The van der Waals surface area contributed by atoms with Gasteiger partial charge in [-0.2, -0.15) is 0 Å². The molecule has 1 atom stereocenters. The minimum atomic E-state index is -1.22. The van der Waals surface area contributed by atoms with Crippen LogP contribution in [0, 0.1) is 5.82 Å². The van der Waals surface area contributed by atoms with Crippen LogP contribution in [0.3, 0.4) is 0 Å². The summed E-state index contributed by atoms with van der Waals surface area (Å²) in [5.74, 6) is -1.98. The SMILES string of the molecule is CN(C(=O)OCC1c2ccccc2-c2ccccc21)[C@@H](Cc1ccc(Cl)c(F)c1)C(=O)O. The third-order valence-corrected chi connectivity index (χ3v) is 6.10. The summed E-state index contributed by atoms with van der Waals surface area (Å²) in [6.45, 7) is 0.0825. The first kappa shape index (κ1) is 21.8. The van der Waals surface area contributed by atoms with E-state index in [0.717, 1.165) is 27.2 Å². The van der Waals surface area contributed by atoms with Crippen molar-refractivity contribution in [1.82, 2.24) is 4.90 Å². The predicted molar refractivity (Wildman–Crippen MR) is 119 cm³/mol. The van der Waals surface area contributed by atoms with Crippen molar-refractivity contribution >= 4 is 23.7 Å². The van der Waals surface area contributed by atoms with Crippen LogP contribution in [0.25, 0.3) is 11.1 Å². The van der Waals surface area contributed by atoms with E-state index in [9.17, 15) is 19.1 Å². The Balaban J connectivity index is 1.48. The van der Waals surface area contributed by atoms with Crippen LogP contribution < -0.4 is 0 Å². The summed E-state index contributed by atoms with van der Waals surface area (Å²) in [4.78, 5) is 25.6. The number of rotatable bonds is 6. The molecule has 0 aliphatic heterocycles. The van der Waals surface area contributed by atoms with Crippen LogP contribution in [0.2, 0.25) is 5.02 Å². The normalized spacial score (nSPS) is 13.2. The Morgan fingerprint density at radius 2 is 1.66 bits per heavy atom. The fourth-order valence-corrected chi connectivity index (χ4v) is 4.22. The van der Waals surface area contributed by atoms with Crippen molar-refractivity contribution in [3.8, 4) is 11.1 Å². The first-order valence-corrected chi connectivity index (χ1v) is 10.5. The maximum atomic E-state index is 13.7. The molecule has 1 N–H and O–H groups in total. The van der Waals surface area contributed by atoms with E-state index in [-0.39, 0.29) is 24.0 Å². The van der Waals surface area contributed by atoms with Crippen molar-refractivity contribution in [3.05, 3.63) is 94.3 Å². The maximum absolute atomic E-state index is 13.7. The van der Waals surface area contributed by atoms with Gasteiger partial charge in [0.2, 0.25) is 0 Å². The Morgan fingerprint density at radius 3 is 2.22 bits per heavy atom. The molecule has 32 heavy (non-hydrogen) atoms. The smallest absolute Gasteiger partial charge is 0.410 e. The van der Waals surface area contributed by atoms with Crippen LogP contribution in [0.5, 0.6) is 0 Å². The number of likely N-dealkylation sites (N-methyl/N-ethyl adjacent to an activating group) is 1. The lowest BCUT2D eigenvalue weighted by molar-refractivity contribution is -0.142. The summed E-state index contributed by atoms with van der Waals surface area (Å²) < 4.78 is 19.3. The fraction of sp³-hybridized carbons (Fsp3) is 0.200. The number of carboxylic acids is 1. The third-order valence-electron chi connectivity index (χ3n) is 5.79. The van der Waals surface area contributed by atoms with Crippen molar-refractivity contribution in [2.75, 3.05) is 13.7 Å². The van der Waals surface area contributed by atoms with Gasteiger partial charge in [0.1, 0.15) is 18.5 Å². The minimum absolute atomic E-state index is 0.0504. The third kappa shape index (κ3) is 4.18. The summed E-state index contributed by atoms with van der Waals surface area (Å²) in [7, 11) is 1.37. The molecule has 0 saturated carbocycles. The Labute approximate surface area is 190 Å². The first-order valence-electron chi connectivity index (χ1n) is 10.1. The predicted octanol–water partition coefficient (Wildman–Crippen LogP) is 5.36. The van der Waals surface area contributed by atoms with Gasteiger partial charge in [-0.3, -0.25) is 4.90 Å². The standard InChI is InChI=1S/C25H21ClFNO4/c1-28(23(24(29)30)13-15-10-11-21(26)22(27)12-15)25(31)32-14-20-18-8-4-2-6-16(18)17-7-3-5-9-19(17)20/h2-12,20,23H,13-14H2,1H3,(H,29,30)/t23-/m0/s1. The number of amides is 1. The Bertz CT molecular complexity index is 1140. The second-order valence-corrected chi connectivity index (χ2v) is 8.13. The number of carbonyl (C=O) groups is 2. The molecule has 0 fully saturated rings. The molecule has 0 heterocycles. The highest BCUT2D eigenvalue weighted by Gasteiger charge is 2.32. The van der Waals surface area contributed by atoms with Crippen LogP contribution in [-0.4, -0.2) is 41.8 Å². The topological polar surface area (TPSA) is 66.8 Å². The molecular weight excluding hydrogens is 433 g/mol. The number of nitrogens with zero attached hydrogens (tertiary/aromatic N) is 1. The van der Waals surface area contributed by atoms with E-state index >= 15 is 0 Å². The minimum Gasteiger partial charge on any atom is -0.480 e. The van der Waals surface area contributed by atoms with Gasteiger partial charge in [-0.05, 0) is 39.9 Å². The van der Waals surface area contributed by atoms with Gasteiger partial charge in [-0.25, -0.2) is 14.0 Å².